The average Bonchev–Trinajstić information content (AvgIpc) is 2.82. The summed E-state index contributed by atoms with van der Waals surface area (Å²) in [6.07, 6.45) is 2.68. The van der Waals surface area contributed by atoms with E-state index in [1.807, 2.05) is 25.1 Å². The molecular weight excluding hydrogens is 444 g/mol. The van der Waals surface area contributed by atoms with Gasteiger partial charge in [0, 0.05) is 24.7 Å². The molecule has 0 bridgehead atoms. The molecule has 0 spiro atoms. The maximum atomic E-state index is 12.5. The highest BCUT2D eigenvalue weighted by atomic mass is 32.2. The molecule has 0 aliphatic heterocycles. The van der Waals surface area contributed by atoms with E-state index < -0.39 is 28.5 Å². The van der Waals surface area contributed by atoms with Crippen LogP contribution in [-0.4, -0.2) is 51.4 Å². The number of hydrogen-bond donors (Lipinski definition) is 1. The summed E-state index contributed by atoms with van der Waals surface area (Å²) in [5.41, 5.74) is 1.44. The minimum absolute atomic E-state index is 0.187. The highest BCUT2D eigenvalue weighted by Gasteiger charge is 2.21. The number of amides is 1. The Morgan fingerprint density at radius 2 is 1.70 bits per heavy atom. The van der Waals surface area contributed by atoms with Gasteiger partial charge in [0.25, 0.3) is 5.91 Å². The second-order valence-corrected chi connectivity index (χ2v) is 9.07. The predicted molar refractivity (Wildman–Crippen MR) is 126 cm³/mol. The lowest BCUT2D eigenvalue weighted by Crippen LogP contribution is -2.31. The van der Waals surface area contributed by atoms with Gasteiger partial charge in [-0.2, -0.15) is 4.31 Å². The van der Waals surface area contributed by atoms with Gasteiger partial charge >= 0.3 is 5.97 Å². The molecule has 0 fully saturated rings. The van der Waals surface area contributed by atoms with E-state index in [0.717, 1.165) is 5.56 Å². The van der Waals surface area contributed by atoms with Crippen LogP contribution in [0.25, 0.3) is 6.08 Å². The molecule has 0 radical (unpaired) electrons. The van der Waals surface area contributed by atoms with Gasteiger partial charge in [-0.3, -0.25) is 4.79 Å². The van der Waals surface area contributed by atoms with Crippen molar-refractivity contribution in [3.8, 4) is 5.75 Å². The second kappa shape index (κ2) is 12.2. The van der Waals surface area contributed by atoms with Crippen molar-refractivity contribution < 1.29 is 27.5 Å². The number of nitrogens with zero attached hydrogens (tertiary/aromatic N) is 1. The zero-order valence-corrected chi connectivity index (χ0v) is 20.1. The Morgan fingerprint density at radius 3 is 2.30 bits per heavy atom. The molecule has 1 N–H and O–H groups in total. The fourth-order valence-electron chi connectivity index (χ4n) is 3.20. The zero-order chi connectivity index (χ0) is 24.4. The number of para-hydroxylation sites is 1. The normalized spacial score (nSPS) is 12.5. The SMILES string of the molecule is CCN(CC)S(=O)(=O)c1ccc(/C=C/C(=O)OCC(=O)NC(C)c2ccccc2OC)cc1. The van der Waals surface area contributed by atoms with Crippen molar-refractivity contribution in [2.24, 2.45) is 0 Å². The maximum Gasteiger partial charge on any atom is 0.331 e. The van der Waals surface area contributed by atoms with E-state index in [9.17, 15) is 18.0 Å². The van der Waals surface area contributed by atoms with Crippen molar-refractivity contribution in [3.63, 3.8) is 0 Å². The van der Waals surface area contributed by atoms with Crippen molar-refractivity contribution in [1.29, 1.82) is 0 Å². The van der Waals surface area contributed by atoms with Crippen molar-refractivity contribution >= 4 is 28.0 Å². The summed E-state index contributed by atoms with van der Waals surface area (Å²) in [7, 11) is -1.98. The van der Waals surface area contributed by atoms with Gasteiger partial charge in [-0.15, -0.1) is 0 Å². The van der Waals surface area contributed by atoms with Crippen molar-refractivity contribution in [3.05, 3.63) is 65.7 Å². The molecule has 1 atom stereocenters. The summed E-state index contributed by atoms with van der Waals surface area (Å²) in [5.74, 6) is -0.475. The number of carbonyl (C=O) groups excluding carboxylic acids is 2. The van der Waals surface area contributed by atoms with Crippen LogP contribution in [0, 0.1) is 0 Å². The number of sulfonamides is 1. The first kappa shape index (κ1) is 26.1. The van der Waals surface area contributed by atoms with Crippen LogP contribution in [-0.2, 0) is 24.3 Å². The zero-order valence-electron chi connectivity index (χ0n) is 19.3. The number of nitrogens with one attached hydrogen (secondary N) is 1. The van der Waals surface area contributed by atoms with Gasteiger partial charge in [-0.25, -0.2) is 13.2 Å². The summed E-state index contributed by atoms with van der Waals surface area (Å²) >= 11 is 0. The van der Waals surface area contributed by atoms with Gasteiger partial charge in [0.2, 0.25) is 10.0 Å². The van der Waals surface area contributed by atoms with Gasteiger partial charge in [-0.05, 0) is 36.8 Å². The molecule has 2 rings (SSSR count). The first-order chi connectivity index (χ1) is 15.7. The fraction of sp³-hybridized carbons (Fsp3) is 0.333. The van der Waals surface area contributed by atoms with Gasteiger partial charge in [0.1, 0.15) is 5.75 Å². The molecule has 0 saturated heterocycles. The lowest BCUT2D eigenvalue weighted by Gasteiger charge is -2.18. The summed E-state index contributed by atoms with van der Waals surface area (Å²) in [6.45, 7) is 5.72. The number of esters is 1. The molecule has 0 saturated carbocycles. The van der Waals surface area contributed by atoms with Gasteiger partial charge < -0.3 is 14.8 Å². The van der Waals surface area contributed by atoms with E-state index in [0.29, 0.717) is 24.4 Å². The van der Waals surface area contributed by atoms with E-state index in [1.54, 1.807) is 39.2 Å². The molecule has 2 aromatic rings. The first-order valence-corrected chi connectivity index (χ1v) is 12.0. The number of carbonyl (C=O) groups is 2. The first-order valence-electron chi connectivity index (χ1n) is 10.6. The van der Waals surface area contributed by atoms with E-state index in [2.05, 4.69) is 5.32 Å². The van der Waals surface area contributed by atoms with Crippen LogP contribution in [0.4, 0.5) is 0 Å². The number of hydrogen-bond acceptors (Lipinski definition) is 6. The number of methoxy groups -OCH3 is 1. The monoisotopic (exact) mass is 474 g/mol. The van der Waals surface area contributed by atoms with Crippen LogP contribution in [0.15, 0.2) is 59.5 Å². The Morgan fingerprint density at radius 1 is 1.06 bits per heavy atom. The maximum absolute atomic E-state index is 12.5. The third-order valence-corrected chi connectivity index (χ3v) is 7.03. The van der Waals surface area contributed by atoms with Crippen LogP contribution >= 0.6 is 0 Å². The van der Waals surface area contributed by atoms with Gasteiger partial charge in [0.15, 0.2) is 6.61 Å². The number of rotatable bonds is 11. The van der Waals surface area contributed by atoms with Crippen molar-refractivity contribution in [2.45, 2.75) is 31.7 Å². The lowest BCUT2D eigenvalue weighted by atomic mass is 10.1. The van der Waals surface area contributed by atoms with E-state index in [-0.39, 0.29) is 10.9 Å². The fourth-order valence-corrected chi connectivity index (χ4v) is 4.66. The number of benzene rings is 2. The standard InChI is InChI=1S/C24H30N2O6S/c1-5-26(6-2)33(29,30)20-14-11-19(12-15-20)13-16-24(28)32-17-23(27)25-18(3)21-9-7-8-10-22(21)31-4/h7-16,18H,5-6,17H2,1-4H3,(H,25,27)/b16-13+. The van der Waals surface area contributed by atoms with Crippen molar-refractivity contribution in [1.82, 2.24) is 9.62 Å². The smallest absolute Gasteiger partial charge is 0.331 e. The summed E-state index contributed by atoms with van der Waals surface area (Å²) < 4.78 is 36.7. The second-order valence-electron chi connectivity index (χ2n) is 7.13. The van der Waals surface area contributed by atoms with Gasteiger partial charge in [-0.1, -0.05) is 44.2 Å². The molecule has 0 aromatic heterocycles. The molecule has 0 aliphatic carbocycles. The van der Waals surface area contributed by atoms with Gasteiger partial charge in [0.05, 0.1) is 18.0 Å². The van der Waals surface area contributed by atoms with Crippen LogP contribution in [0.5, 0.6) is 5.75 Å². The third-order valence-electron chi connectivity index (χ3n) is 4.96. The Hall–Kier alpha value is -3.17. The Labute approximate surface area is 195 Å². The van der Waals surface area contributed by atoms with Crippen LogP contribution in [0.1, 0.15) is 37.9 Å². The third kappa shape index (κ3) is 7.16. The van der Waals surface area contributed by atoms with Crippen LogP contribution in [0.3, 0.4) is 0 Å². The molecule has 1 unspecified atom stereocenters. The van der Waals surface area contributed by atoms with Crippen LogP contribution < -0.4 is 10.1 Å². The quantitative estimate of drug-likeness (QED) is 0.397. The van der Waals surface area contributed by atoms with Crippen molar-refractivity contribution in [2.75, 3.05) is 26.8 Å². The van der Waals surface area contributed by atoms with E-state index in [4.69, 9.17) is 9.47 Å². The molecular formula is C24H30N2O6S. The minimum atomic E-state index is -3.54. The minimum Gasteiger partial charge on any atom is -0.496 e. The molecule has 178 valence electrons. The molecule has 1 amide bonds. The lowest BCUT2D eigenvalue weighted by molar-refractivity contribution is -0.144. The Bertz CT molecular complexity index is 1080. The topological polar surface area (TPSA) is 102 Å². The summed E-state index contributed by atoms with van der Waals surface area (Å²) in [5, 5.41) is 2.76. The molecule has 9 heteroatoms. The highest BCUT2D eigenvalue weighted by Crippen LogP contribution is 2.24. The predicted octanol–water partition coefficient (Wildman–Crippen LogP) is 3.16. The summed E-state index contributed by atoms with van der Waals surface area (Å²) in [4.78, 5) is 24.3. The largest absolute Gasteiger partial charge is 0.496 e. The Kier molecular flexibility index (Phi) is 9.62. The summed E-state index contributed by atoms with van der Waals surface area (Å²) in [6, 6.07) is 13.2. The molecule has 0 heterocycles. The molecule has 2 aromatic carbocycles. The van der Waals surface area contributed by atoms with Crippen LogP contribution in [0.2, 0.25) is 0 Å². The van der Waals surface area contributed by atoms with E-state index >= 15 is 0 Å². The molecule has 0 aliphatic rings. The molecule has 33 heavy (non-hydrogen) atoms. The average molecular weight is 475 g/mol. The molecule has 8 nitrogen and oxygen atoms in total. The Balaban J connectivity index is 1.89. The highest BCUT2D eigenvalue weighted by molar-refractivity contribution is 7.89. The van der Waals surface area contributed by atoms with E-state index in [1.165, 1.54) is 28.6 Å². The number of ether oxygens (including phenoxy) is 2.